The van der Waals surface area contributed by atoms with Gasteiger partial charge in [-0.25, -0.2) is 8.42 Å². The Hall–Kier alpha value is -2.97. The summed E-state index contributed by atoms with van der Waals surface area (Å²) in [6.07, 6.45) is 0.959. The van der Waals surface area contributed by atoms with Gasteiger partial charge >= 0.3 is 0 Å². The number of nitrogens with zero attached hydrogens (tertiary/aromatic N) is 1. The first-order chi connectivity index (χ1) is 15.3. The Morgan fingerprint density at radius 2 is 1.75 bits per heavy atom. The van der Waals surface area contributed by atoms with Crippen LogP contribution in [0.25, 0.3) is 0 Å². The number of fused-ring (bicyclic) bond motifs is 1. The second kappa shape index (κ2) is 8.88. The molecular formula is C24H24N2O4S2. The van der Waals surface area contributed by atoms with Crippen LogP contribution < -0.4 is 14.4 Å². The molecule has 166 valence electrons. The van der Waals surface area contributed by atoms with Crippen LogP contribution in [0.15, 0.2) is 76.5 Å². The number of thioether (sulfide) groups is 1. The number of carbonyl (C=O) groups excluding carboxylic acids is 1. The van der Waals surface area contributed by atoms with Gasteiger partial charge < -0.3 is 10.1 Å². The summed E-state index contributed by atoms with van der Waals surface area (Å²) in [4.78, 5) is 14.2. The van der Waals surface area contributed by atoms with Crippen LogP contribution in [0.5, 0.6) is 5.75 Å². The maximum Gasteiger partial charge on any atom is 0.267 e. The fourth-order valence-electron chi connectivity index (χ4n) is 3.49. The highest BCUT2D eigenvalue weighted by Gasteiger charge is 2.37. The molecule has 6 nitrogen and oxygen atoms in total. The Morgan fingerprint density at radius 3 is 2.47 bits per heavy atom. The quantitative estimate of drug-likeness (QED) is 0.553. The maximum absolute atomic E-state index is 13.5. The van der Waals surface area contributed by atoms with Crippen molar-refractivity contribution in [3.8, 4) is 5.75 Å². The lowest BCUT2D eigenvalue weighted by Gasteiger charge is -2.35. The van der Waals surface area contributed by atoms with Crippen molar-refractivity contribution >= 4 is 39.1 Å². The van der Waals surface area contributed by atoms with Gasteiger partial charge in [-0.15, -0.1) is 11.8 Å². The molecule has 1 heterocycles. The summed E-state index contributed by atoms with van der Waals surface area (Å²) >= 11 is 1.57. The molecule has 0 saturated heterocycles. The van der Waals surface area contributed by atoms with Crippen molar-refractivity contribution in [2.24, 2.45) is 0 Å². The first kappa shape index (κ1) is 22.2. The van der Waals surface area contributed by atoms with Crippen LogP contribution >= 0.6 is 11.8 Å². The standard InChI is InChI=1S/C24H24N2O4S2/c1-16-7-10-20(11-8-16)32(28,29)26-15-23(30-22-13-17(2)9-12-21(22)26)24(27)25-18-5-4-6-19(14-18)31-3/h4-14,23H,15H2,1-3H3,(H,25,27). The molecular weight excluding hydrogens is 444 g/mol. The predicted molar refractivity (Wildman–Crippen MR) is 128 cm³/mol. The molecule has 0 saturated carbocycles. The lowest BCUT2D eigenvalue weighted by atomic mass is 10.1. The molecule has 4 rings (SSSR count). The van der Waals surface area contributed by atoms with E-state index in [4.69, 9.17) is 4.74 Å². The van der Waals surface area contributed by atoms with E-state index in [0.717, 1.165) is 16.0 Å². The lowest BCUT2D eigenvalue weighted by Crippen LogP contribution is -2.48. The summed E-state index contributed by atoms with van der Waals surface area (Å²) < 4.78 is 34.2. The third-order valence-corrected chi connectivity index (χ3v) is 7.74. The number of hydrogen-bond donors (Lipinski definition) is 1. The number of sulfonamides is 1. The molecule has 1 amide bonds. The molecule has 1 N–H and O–H groups in total. The third kappa shape index (κ3) is 4.47. The van der Waals surface area contributed by atoms with Crippen molar-refractivity contribution in [1.29, 1.82) is 0 Å². The summed E-state index contributed by atoms with van der Waals surface area (Å²) in [5, 5.41) is 2.85. The Morgan fingerprint density at radius 1 is 1.03 bits per heavy atom. The summed E-state index contributed by atoms with van der Waals surface area (Å²) in [5.74, 6) is -0.0375. The SMILES string of the molecule is CSc1cccc(NC(=O)C2CN(S(=O)(=O)c3ccc(C)cc3)c3ccc(C)cc3O2)c1. The Bertz CT molecular complexity index is 1260. The van der Waals surface area contributed by atoms with Crippen LogP contribution in [-0.2, 0) is 14.8 Å². The number of anilines is 2. The van der Waals surface area contributed by atoms with Crippen LogP contribution in [-0.4, -0.2) is 33.2 Å². The summed E-state index contributed by atoms with van der Waals surface area (Å²) in [6.45, 7) is 3.66. The van der Waals surface area contributed by atoms with E-state index >= 15 is 0 Å². The molecule has 0 spiro atoms. The maximum atomic E-state index is 13.5. The number of ether oxygens (including phenoxy) is 1. The zero-order chi connectivity index (χ0) is 22.9. The van der Waals surface area contributed by atoms with Crippen molar-refractivity contribution in [3.63, 3.8) is 0 Å². The van der Waals surface area contributed by atoms with Gasteiger partial charge in [-0.1, -0.05) is 29.8 Å². The number of amides is 1. The Labute approximate surface area is 192 Å². The molecule has 0 fully saturated rings. The van der Waals surface area contributed by atoms with Gasteiger partial charge in [0, 0.05) is 10.6 Å². The zero-order valence-corrected chi connectivity index (χ0v) is 19.7. The molecule has 8 heteroatoms. The van der Waals surface area contributed by atoms with Crippen LogP contribution in [0.3, 0.4) is 0 Å². The number of rotatable bonds is 5. The van der Waals surface area contributed by atoms with E-state index in [1.54, 1.807) is 54.2 Å². The van der Waals surface area contributed by atoms with Gasteiger partial charge in [0.2, 0.25) is 0 Å². The van der Waals surface area contributed by atoms with E-state index in [-0.39, 0.29) is 11.4 Å². The molecule has 0 aliphatic carbocycles. The normalized spacial score (nSPS) is 15.6. The Balaban J connectivity index is 1.68. The van der Waals surface area contributed by atoms with Crippen LogP contribution in [0.2, 0.25) is 0 Å². The average Bonchev–Trinajstić information content (AvgIpc) is 2.78. The smallest absolute Gasteiger partial charge is 0.267 e. The van der Waals surface area contributed by atoms with Crippen molar-refractivity contribution < 1.29 is 17.9 Å². The van der Waals surface area contributed by atoms with E-state index < -0.39 is 22.0 Å². The number of nitrogens with one attached hydrogen (secondary N) is 1. The van der Waals surface area contributed by atoms with E-state index in [2.05, 4.69) is 5.32 Å². The van der Waals surface area contributed by atoms with Crippen molar-refractivity contribution in [2.75, 3.05) is 22.4 Å². The lowest BCUT2D eigenvalue weighted by molar-refractivity contribution is -0.122. The molecule has 32 heavy (non-hydrogen) atoms. The molecule has 1 unspecified atom stereocenters. The zero-order valence-electron chi connectivity index (χ0n) is 18.0. The van der Waals surface area contributed by atoms with Gasteiger partial charge in [0.05, 0.1) is 17.1 Å². The fraction of sp³-hybridized carbons (Fsp3) is 0.208. The molecule has 1 atom stereocenters. The Kier molecular flexibility index (Phi) is 6.17. The van der Waals surface area contributed by atoms with Gasteiger partial charge in [0.15, 0.2) is 6.10 Å². The van der Waals surface area contributed by atoms with Crippen LogP contribution in [0, 0.1) is 13.8 Å². The predicted octanol–water partition coefficient (Wildman–Crippen LogP) is 4.62. The molecule has 3 aromatic carbocycles. The molecule has 1 aliphatic rings. The van der Waals surface area contributed by atoms with Crippen LogP contribution in [0.4, 0.5) is 11.4 Å². The van der Waals surface area contributed by atoms with Gasteiger partial charge in [-0.05, 0) is 68.1 Å². The number of carbonyl (C=O) groups is 1. The molecule has 0 radical (unpaired) electrons. The first-order valence-corrected chi connectivity index (χ1v) is 12.8. The number of hydrogen-bond acceptors (Lipinski definition) is 5. The third-order valence-electron chi connectivity index (χ3n) is 5.22. The van der Waals surface area contributed by atoms with E-state index in [1.807, 2.05) is 44.4 Å². The molecule has 0 bridgehead atoms. The minimum atomic E-state index is -3.89. The molecule has 0 aromatic heterocycles. The average molecular weight is 469 g/mol. The van der Waals surface area contributed by atoms with Gasteiger partial charge in [0.1, 0.15) is 5.75 Å². The highest BCUT2D eigenvalue weighted by Crippen LogP contribution is 2.38. The second-order valence-electron chi connectivity index (χ2n) is 7.65. The van der Waals surface area contributed by atoms with Crippen molar-refractivity contribution in [3.05, 3.63) is 77.9 Å². The molecule has 3 aromatic rings. The van der Waals surface area contributed by atoms with E-state index in [9.17, 15) is 13.2 Å². The second-order valence-corrected chi connectivity index (χ2v) is 10.4. The highest BCUT2D eigenvalue weighted by atomic mass is 32.2. The largest absolute Gasteiger partial charge is 0.476 e. The number of aryl methyl sites for hydroxylation is 2. The van der Waals surface area contributed by atoms with Crippen molar-refractivity contribution in [2.45, 2.75) is 29.7 Å². The van der Waals surface area contributed by atoms with Gasteiger partial charge in [-0.2, -0.15) is 0 Å². The summed E-state index contributed by atoms with van der Waals surface area (Å²) in [6, 6.07) is 19.4. The van der Waals surface area contributed by atoms with E-state index in [1.165, 1.54) is 4.31 Å². The highest BCUT2D eigenvalue weighted by molar-refractivity contribution is 7.98. The fourth-order valence-corrected chi connectivity index (χ4v) is 5.42. The summed E-state index contributed by atoms with van der Waals surface area (Å²) in [5.41, 5.74) is 2.93. The minimum absolute atomic E-state index is 0.125. The van der Waals surface area contributed by atoms with Crippen LogP contribution in [0.1, 0.15) is 11.1 Å². The van der Waals surface area contributed by atoms with E-state index in [0.29, 0.717) is 17.1 Å². The van der Waals surface area contributed by atoms with Gasteiger partial charge in [0.25, 0.3) is 15.9 Å². The van der Waals surface area contributed by atoms with Gasteiger partial charge in [-0.3, -0.25) is 9.10 Å². The minimum Gasteiger partial charge on any atom is -0.476 e. The molecule has 1 aliphatic heterocycles. The topological polar surface area (TPSA) is 75.7 Å². The monoisotopic (exact) mass is 468 g/mol. The van der Waals surface area contributed by atoms with Crippen molar-refractivity contribution in [1.82, 2.24) is 0 Å². The number of benzene rings is 3. The summed E-state index contributed by atoms with van der Waals surface area (Å²) in [7, 11) is -3.89. The first-order valence-electron chi connectivity index (χ1n) is 10.1.